The quantitative estimate of drug-likeness (QED) is 0.870. The van der Waals surface area contributed by atoms with Gasteiger partial charge in [-0.15, -0.1) is 0 Å². The molecule has 2 heteroatoms. The van der Waals surface area contributed by atoms with E-state index in [9.17, 15) is 0 Å². The molecule has 0 radical (unpaired) electrons. The second-order valence-corrected chi connectivity index (χ2v) is 4.76. The van der Waals surface area contributed by atoms with Gasteiger partial charge in [0.15, 0.2) is 0 Å². The molecule has 0 atom stereocenters. The van der Waals surface area contributed by atoms with Crippen molar-refractivity contribution in [1.82, 2.24) is 0 Å². The first-order chi connectivity index (χ1) is 8.19. The molecule has 2 aromatic rings. The second kappa shape index (κ2) is 5.19. The van der Waals surface area contributed by atoms with Gasteiger partial charge in [0.05, 0.1) is 6.54 Å². The largest absolute Gasteiger partial charge is 0.460 e. The van der Waals surface area contributed by atoms with Crippen LogP contribution >= 0.6 is 0 Å². The Bertz CT molecular complexity index is 468. The van der Waals surface area contributed by atoms with E-state index in [1.54, 1.807) is 0 Å². The number of nitrogens with two attached hydrogens (primary N) is 1. The van der Waals surface area contributed by atoms with Gasteiger partial charge in [-0.25, -0.2) is 0 Å². The first-order valence-electron chi connectivity index (χ1n) is 6.07. The van der Waals surface area contributed by atoms with Crippen molar-refractivity contribution in [3.8, 4) is 11.3 Å². The monoisotopic (exact) mass is 229 g/mol. The van der Waals surface area contributed by atoms with Gasteiger partial charge in [-0.3, -0.25) is 0 Å². The van der Waals surface area contributed by atoms with Gasteiger partial charge in [0.2, 0.25) is 0 Å². The molecule has 90 valence electrons. The molecule has 0 spiro atoms. The fraction of sp³-hybridized carbons (Fsp3) is 0.333. The Balaban J connectivity index is 2.17. The molecule has 1 aromatic carbocycles. The number of hydrogen-bond donors (Lipinski definition) is 1. The molecular formula is C15H19NO. The van der Waals surface area contributed by atoms with Crippen LogP contribution in [0.15, 0.2) is 40.8 Å². The molecule has 0 saturated heterocycles. The van der Waals surface area contributed by atoms with Crippen molar-refractivity contribution in [1.29, 1.82) is 0 Å². The Labute approximate surface area is 102 Å². The van der Waals surface area contributed by atoms with Crippen LogP contribution in [0.2, 0.25) is 0 Å². The van der Waals surface area contributed by atoms with E-state index in [-0.39, 0.29) is 0 Å². The molecule has 17 heavy (non-hydrogen) atoms. The van der Waals surface area contributed by atoms with Crippen molar-refractivity contribution in [3.63, 3.8) is 0 Å². The fourth-order valence-electron chi connectivity index (χ4n) is 1.92. The molecule has 0 bridgehead atoms. The van der Waals surface area contributed by atoms with E-state index in [1.807, 2.05) is 12.1 Å². The summed E-state index contributed by atoms with van der Waals surface area (Å²) >= 11 is 0. The predicted molar refractivity (Wildman–Crippen MR) is 70.6 cm³/mol. The van der Waals surface area contributed by atoms with E-state index < -0.39 is 0 Å². The molecule has 0 unspecified atom stereocenters. The summed E-state index contributed by atoms with van der Waals surface area (Å²) < 4.78 is 5.61. The number of hydrogen-bond acceptors (Lipinski definition) is 2. The minimum absolute atomic E-state index is 0.450. The third kappa shape index (κ3) is 2.98. The van der Waals surface area contributed by atoms with Crippen molar-refractivity contribution >= 4 is 0 Å². The van der Waals surface area contributed by atoms with Gasteiger partial charge in [-0.2, -0.15) is 0 Å². The Morgan fingerprint density at radius 2 is 1.76 bits per heavy atom. The number of benzene rings is 1. The van der Waals surface area contributed by atoms with Crippen LogP contribution in [0, 0.1) is 5.92 Å². The van der Waals surface area contributed by atoms with Crippen molar-refractivity contribution in [2.75, 3.05) is 0 Å². The standard InChI is InChI=1S/C15H19NO/c1-11(2)9-12-3-5-13(6-4-12)15-8-7-14(10-16)17-15/h3-8,11H,9-10,16H2,1-2H3. The van der Waals surface area contributed by atoms with E-state index in [1.165, 1.54) is 5.56 Å². The molecule has 1 aromatic heterocycles. The van der Waals surface area contributed by atoms with Crippen LogP contribution < -0.4 is 5.73 Å². The predicted octanol–water partition coefficient (Wildman–Crippen LogP) is 3.60. The van der Waals surface area contributed by atoms with Gasteiger partial charge in [-0.1, -0.05) is 38.1 Å². The van der Waals surface area contributed by atoms with Gasteiger partial charge >= 0.3 is 0 Å². The Kier molecular flexibility index (Phi) is 3.64. The molecule has 0 aliphatic carbocycles. The average Bonchev–Trinajstić information content (AvgIpc) is 2.78. The maximum atomic E-state index is 5.61. The normalized spacial score (nSPS) is 11.1. The lowest BCUT2D eigenvalue weighted by atomic mass is 10.0. The first kappa shape index (κ1) is 11.9. The van der Waals surface area contributed by atoms with Crippen LogP contribution in [0.5, 0.6) is 0 Å². The molecule has 0 aliphatic rings. The summed E-state index contributed by atoms with van der Waals surface area (Å²) in [6.07, 6.45) is 1.12. The van der Waals surface area contributed by atoms with E-state index in [4.69, 9.17) is 10.2 Å². The van der Waals surface area contributed by atoms with E-state index >= 15 is 0 Å². The fourth-order valence-corrected chi connectivity index (χ4v) is 1.92. The van der Waals surface area contributed by atoms with Gasteiger partial charge in [0.1, 0.15) is 11.5 Å². The van der Waals surface area contributed by atoms with E-state index in [0.29, 0.717) is 12.5 Å². The van der Waals surface area contributed by atoms with E-state index in [0.717, 1.165) is 23.5 Å². The molecule has 0 amide bonds. The Hall–Kier alpha value is -1.54. The summed E-state index contributed by atoms with van der Waals surface area (Å²) in [5.74, 6) is 2.40. The third-order valence-electron chi connectivity index (χ3n) is 2.75. The highest BCUT2D eigenvalue weighted by Gasteiger charge is 2.04. The average molecular weight is 229 g/mol. The Morgan fingerprint density at radius 1 is 1.06 bits per heavy atom. The summed E-state index contributed by atoms with van der Waals surface area (Å²) in [6.45, 7) is 4.91. The van der Waals surface area contributed by atoms with Crippen molar-refractivity contribution in [2.45, 2.75) is 26.8 Å². The van der Waals surface area contributed by atoms with Crippen molar-refractivity contribution in [2.24, 2.45) is 11.7 Å². The van der Waals surface area contributed by atoms with Gasteiger partial charge < -0.3 is 10.2 Å². The van der Waals surface area contributed by atoms with Crippen LogP contribution in [-0.2, 0) is 13.0 Å². The van der Waals surface area contributed by atoms with Crippen LogP contribution in [-0.4, -0.2) is 0 Å². The lowest BCUT2D eigenvalue weighted by Crippen LogP contribution is -1.93. The molecule has 1 heterocycles. The number of rotatable bonds is 4. The highest BCUT2D eigenvalue weighted by Crippen LogP contribution is 2.23. The first-order valence-corrected chi connectivity index (χ1v) is 6.07. The maximum absolute atomic E-state index is 5.61. The van der Waals surface area contributed by atoms with E-state index in [2.05, 4.69) is 38.1 Å². The molecule has 0 aliphatic heterocycles. The molecule has 2 rings (SSSR count). The molecular weight excluding hydrogens is 210 g/mol. The summed E-state index contributed by atoms with van der Waals surface area (Å²) in [6, 6.07) is 12.4. The molecule has 2 nitrogen and oxygen atoms in total. The zero-order valence-corrected chi connectivity index (χ0v) is 10.4. The maximum Gasteiger partial charge on any atom is 0.134 e. The summed E-state index contributed by atoms with van der Waals surface area (Å²) in [5.41, 5.74) is 8.00. The van der Waals surface area contributed by atoms with Crippen molar-refractivity contribution in [3.05, 3.63) is 47.7 Å². The van der Waals surface area contributed by atoms with Crippen LogP contribution in [0.25, 0.3) is 11.3 Å². The van der Waals surface area contributed by atoms with Crippen LogP contribution in [0.3, 0.4) is 0 Å². The van der Waals surface area contributed by atoms with Gasteiger partial charge in [-0.05, 0) is 30.0 Å². The summed E-state index contributed by atoms with van der Waals surface area (Å²) in [7, 11) is 0. The highest BCUT2D eigenvalue weighted by molar-refractivity contribution is 5.57. The van der Waals surface area contributed by atoms with Gasteiger partial charge in [0, 0.05) is 5.56 Å². The lowest BCUT2D eigenvalue weighted by Gasteiger charge is -2.05. The molecule has 0 fully saturated rings. The van der Waals surface area contributed by atoms with Crippen LogP contribution in [0.1, 0.15) is 25.2 Å². The summed E-state index contributed by atoms with van der Waals surface area (Å²) in [4.78, 5) is 0. The smallest absolute Gasteiger partial charge is 0.134 e. The topological polar surface area (TPSA) is 39.2 Å². The SMILES string of the molecule is CC(C)Cc1ccc(-c2ccc(CN)o2)cc1. The highest BCUT2D eigenvalue weighted by atomic mass is 16.3. The zero-order chi connectivity index (χ0) is 12.3. The minimum Gasteiger partial charge on any atom is -0.460 e. The minimum atomic E-state index is 0.450. The lowest BCUT2D eigenvalue weighted by molar-refractivity contribution is 0.525. The third-order valence-corrected chi connectivity index (χ3v) is 2.75. The second-order valence-electron chi connectivity index (χ2n) is 4.76. The summed E-state index contributed by atoms with van der Waals surface area (Å²) in [5, 5.41) is 0. The molecule has 0 saturated carbocycles. The number of furan rings is 1. The van der Waals surface area contributed by atoms with Gasteiger partial charge in [0.25, 0.3) is 0 Å². The van der Waals surface area contributed by atoms with Crippen molar-refractivity contribution < 1.29 is 4.42 Å². The van der Waals surface area contributed by atoms with Crippen LogP contribution in [0.4, 0.5) is 0 Å². The molecule has 2 N–H and O–H groups in total. The Morgan fingerprint density at radius 3 is 2.29 bits per heavy atom. The zero-order valence-electron chi connectivity index (χ0n) is 10.4.